The van der Waals surface area contributed by atoms with Crippen LogP contribution in [0.2, 0.25) is 0 Å². The molecule has 2 rings (SSSR count). The molecule has 2 N–H and O–H groups in total. The van der Waals surface area contributed by atoms with Crippen molar-refractivity contribution in [1.29, 1.82) is 0 Å². The summed E-state index contributed by atoms with van der Waals surface area (Å²) in [7, 11) is 0. The molecular weight excluding hydrogens is 253 g/mol. The van der Waals surface area contributed by atoms with Crippen LogP contribution in [0.1, 0.15) is 30.2 Å². The number of nitrogens with zero attached hydrogens (tertiary/aromatic N) is 1. The summed E-state index contributed by atoms with van der Waals surface area (Å²) in [5.41, 5.74) is 6.27. The fraction of sp³-hybridized carbons (Fsp3) is 0.357. The van der Waals surface area contributed by atoms with Crippen LogP contribution in [0.4, 0.5) is 18.9 Å². The summed E-state index contributed by atoms with van der Waals surface area (Å²) in [4.78, 5) is 3.82. The highest BCUT2D eigenvalue weighted by molar-refractivity contribution is 5.94. The SMILES string of the molecule is CCCc1cccc2c(N)c(C)c(C(F)(F)F)nc12. The standard InChI is InChI=1S/C14H15F3N2/c1-3-5-9-6-4-7-10-11(18)8(2)13(14(15,16)17)19-12(9)10/h4,6-7H,3,5H2,1-2H3,(H2,18,19). The summed E-state index contributed by atoms with van der Waals surface area (Å²) in [5.74, 6) is 0. The van der Waals surface area contributed by atoms with Crippen molar-refractivity contribution in [3.8, 4) is 0 Å². The fourth-order valence-electron chi connectivity index (χ4n) is 2.21. The first-order valence-electron chi connectivity index (χ1n) is 6.11. The zero-order chi connectivity index (χ0) is 14.2. The minimum absolute atomic E-state index is 0.00588. The average Bonchev–Trinajstić information content (AvgIpc) is 2.33. The van der Waals surface area contributed by atoms with Crippen molar-refractivity contribution < 1.29 is 13.2 Å². The summed E-state index contributed by atoms with van der Waals surface area (Å²) < 4.78 is 38.9. The lowest BCUT2D eigenvalue weighted by molar-refractivity contribution is -0.141. The van der Waals surface area contributed by atoms with E-state index in [1.165, 1.54) is 6.92 Å². The van der Waals surface area contributed by atoms with Gasteiger partial charge < -0.3 is 5.73 Å². The van der Waals surface area contributed by atoms with E-state index in [1.807, 2.05) is 6.92 Å². The Labute approximate surface area is 109 Å². The van der Waals surface area contributed by atoms with Crippen LogP contribution in [0.3, 0.4) is 0 Å². The molecule has 0 aliphatic rings. The summed E-state index contributed by atoms with van der Waals surface area (Å²) in [5, 5.41) is 0.594. The average molecular weight is 268 g/mol. The maximum Gasteiger partial charge on any atom is 0.433 e. The molecule has 0 atom stereocenters. The van der Waals surface area contributed by atoms with Gasteiger partial charge in [-0.25, -0.2) is 4.98 Å². The van der Waals surface area contributed by atoms with Gasteiger partial charge in [-0.05, 0) is 18.9 Å². The number of benzene rings is 1. The normalized spacial score (nSPS) is 12.1. The number of halogens is 3. The van der Waals surface area contributed by atoms with Gasteiger partial charge in [0.2, 0.25) is 0 Å². The molecule has 0 unspecified atom stereocenters. The lowest BCUT2D eigenvalue weighted by Crippen LogP contribution is -2.13. The maximum absolute atomic E-state index is 13.0. The van der Waals surface area contributed by atoms with Gasteiger partial charge in [-0.3, -0.25) is 0 Å². The van der Waals surface area contributed by atoms with Crippen LogP contribution in [0.25, 0.3) is 10.9 Å². The third kappa shape index (κ3) is 2.37. The van der Waals surface area contributed by atoms with E-state index in [0.717, 1.165) is 12.0 Å². The molecule has 0 bridgehead atoms. The van der Waals surface area contributed by atoms with E-state index >= 15 is 0 Å². The number of fused-ring (bicyclic) bond motifs is 1. The molecule has 2 nitrogen and oxygen atoms in total. The van der Waals surface area contributed by atoms with Gasteiger partial charge in [0.15, 0.2) is 0 Å². The highest BCUT2D eigenvalue weighted by Crippen LogP contribution is 2.36. The molecule has 0 aliphatic carbocycles. The number of aryl methyl sites for hydroxylation is 1. The van der Waals surface area contributed by atoms with Gasteiger partial charge in [0.1, 0.15) is 5.69 Å². The number of rotatable bonds is 2. The highest BCUT2D eigenvalue weighted by Gasteiger charge is 2.35. The number of alkyl halides is 3. The molecule has 102 valence electrons. The minimum Gasteiger partial charge on any atom is -0.398 e. The second-order valence-corrected chi connectivity index (χ2v) is 4.56. The summed E-state index contributed by atoms with van der Waals surface area (Å²) in [6.45, 7) is 3.33. The number of anilines is 1. The number of nitrogen functional groups attached to an aromatic ring is 1. The molecule has 0 aliphatic heterocycles. The second-order valence-electron chi connectivity index (χ2n) is 4.56. The molecule has 0 radical (unpaired) electrons. The zero-order valence-corrected chi connectivity index (χ0v) is 10.8. The number of nitrogens with two attached hydrogens (primary N) is 1. The van der Waals surface area contributed by atoms with Crippen molar-refractivity contribution in [3.63, 3.8) is 0 Å². The Morgan fingerprint density at radius 3 is 2.53 bits per heavy atom. The predicted molar refractivity (Wildman–Crippen MR) is 69.9 cm³/mol. The first kappa shape index (κ1) is 13.6. The van der Waals surface area contributed by atoms with Crippen molar-refractivity contribution >= 4 is 16.6 Å². The van der Waals surface area contributed by atoms with Gasteiger partial charge in [-0.1, -0.05) is 31.5 Å². The fourth-order valence-corrected chi connectivity index (χ4v) is 2.21. The van der Waals surface area contributed by atoms with Gasteiger partial charge in [-0.15, -0.1) is 0 Å². The van der Waals surface area contributed by atoms with Crippen molar-refractivity contribution in [2.75, 3.05) is 5.73 Å². The quantitative estimate of drug-likeness (QED) is 0.890. The predicted octanol–water partition coefficient (Wildman–Crippen LogP) is 4.10. The van der Waals surface area contributed by atoms with E-state index in [1.54, 1.807) is 18.2 Å². The van der Waals surface area contributed by atoms with Crippen molar-refractivity contribution in [1.82, 2.24) is 4.98 Å². The van der Waals surface area contributed by atoms with E-state index < -0.39 is 11.9 Å². The molecule has 0 spiro atoms. The summed E-state index contributed by atoms with van der Waals surface area (Å²) >= 11 is 0. The van der Waals surface area contributed by atoms with E-state index in [4.69, 9.17) is 5.73 Å². The van der Waals surface area contributed by atoms with Crippen LogP contribution in [-0.2, 0) is 12.6 Å². The molecule has 0 saturated heterocycles. The first-order chi connectivity index (χ1) is 8.86. The Bertz CT molecular complexity index is 618. The topological polar surface area (TPSA) is 38.9 Å². The zero-order valence-electron chi connectivity index (χ0n) is 10.8. The Morgan fingerprint density at radius 2 is 1.95 bits per heavy atom. The molecule has 19 heavy (non-hydrogen) atoms. The molecule has 1 aromatic carbocycles. The summed E-state index contributed by atoms with van der Waals surface area (Å²) in [6, 6.07) is 5.32. The third-order valence-electron chi connectivity index (χ3n) is 3.18. The number of para-hydroxylation sites is 1. The third-order valence-corrected chi connectivity index (χ3v) is 3.18. The lowest BCUT2D eigenvalue weighted by atomic mass is 10.0. The molecule has 0 fully saturated rings. The van der Waals surface area contributed by atoms with Crippen LogP contribution in [-0.4, -0.2) is 4.98 Å². The highest BCUT2D eigenvalue weighted by atomic mass is 19.4. The van der Waals surface area contributed by atoms with Gasteiger partial charge in [0, 0.05) is 16.6 Å². The van der Waals surface area contributed by atoms with Crippen LogP contribution in [0, 0.1) is 6.92 Å². The molecule has 1 aromatic heterocycles. The molecule has 2 aromatic rings. The second kappa shape index (κ2) is 4.72. The molecule has 1 heterocycles. The van der Waals surface area contributed by atoms with Gasteiger partial charge >= 0.3 is 6.18 Å². The van der Waals surface area contributed by atoms with E-state index in [0.29, 0.717) is 17.3 Å². The molecular formula is C14H15F3N2. The monoisotopic (exact) mass is 268 g/mol. The van der Waals surface area contributed by atoms with Crippen molar-refractivity contribution in [2.24, 2.45) is 0 Å². The van der Waals surface area contributed by atoms with Crippen LogP contribution in [0.5, 0.6) is 0 Å². The van der Waals surface area contributed by atoms with Gasteiger partial charge in [0.05, 0.1) is 5.52 Å². The Hall–Kier alpha value is -1.78. The smallest absolute Gasteiger partial charge is 0.398 e. The van der Waals surface area contributed by atoms with E-state index in [9.17, 15) is 13.2 Å². The van der Waals surface area contributed by atoms with Crippen molar-refractivity contribution in [3.05, 3.63) is 35.0 Å². The van der Waals surface area contributed by atoms with Gasteiger partial charge in [-0.2, -0.15) is 13.2 Å². The Morgan fingerprint density at radius 1 is 1.26 bits per heavy atom. The first-order valence-corrected chi connectivity index (χ1v) is 6.11. The number of hydrogen-bond donors (Lipinski definition) is 1. The van der Waals surface area contributed by atoms with Gasteiger partial charge in [0.25, 0.3) is 0 Å². The number of pyridine rings is 1. The van der Waals surface area contributed by atoms with Crippen LogP contribution >= 0.6 is 0 Å². The lowest BCUT2D eigenvalue weighted by Gasteiger charge is -2.15. The molecule has 0 saturated carbocycles. The molecule has 0 amide bonds. The van der Waals surface area contributed by atoms with E-state index in [2.05, 4.69) is 4.98 Å². The minimum atomic E-state index is -4.48. The van der Waals surface area contributed by atoms with Crippen LogP contribution < -0.4 is 5.73 Å². The van der Waals surface area contributed by atoms with E-state index in [-0.39, 0.29) is 11.3 Å². The summed E-state index contributed by atoms with van der Waals surface area (Å²) in [6.07, 6.45) is -2.95. The van der Waals surface area contributed by atoms with Crippen LogP contribution in [0.15, 0.2) is 18.2 Å². The maximum atomic E-state index is 13.0. The number of hydrogen-bond acceptors (Lipinski definition) is 2. The Balaban J connectivity index is 2.82. The molecule has 5 heteroatoms. The van der Waals surface area contributed by atoms with Crippen molar-refractivity contribution in [2.45, 2.75) is 32.9 Å². The number of aromatic nitrogens is 1. The largest absolute Gasteiger partial charge is 0.433 e. The Kier molecular flexibility index (Phi) is 3.39.